The second-order valence-electron chi connectivity index (χ2n) is 7.09. The average molecular weight is 399 g/mol. The molecule has 3 heterocycles. The highest BCUT2D eigenvalue weighted by Crippen LogP contribution is 2.22. The van der Waals surface area contributed by atoms with Crippen molar-refractivity contribution in [2.24, 2.45) is 5.92 Å². The minimum Gasteiger partial charge on any atom is -0.465 e. The highest BCUT2D eigenvalue weighted by Gasteiger charge is 2.23. The van der Waals surface area contributed by atoms with E-state index >= 15 is 0 Å². The van der Waals surface area contributed by atoms with Crippen molar-refractivity contribution in [2.75, 3.05) is 42.2 Å². The van der Waals surface area contributed by atoms with Gasteiger partial charge in [-0.15, -0.1) is 0 Å². The van der Waals surface area contributed by atoms with Gasteiger partial charge in [0.05, 0.1) is 11.9 Å². The fourth-order valence-corrected chi connectivity index (χ4v) is 3.28. The lowest BCUT2D eigenvalue weighted by Gasteiger charge is -2.32. The summed E-state index contributed by atoms with van der Waals surface area (Å²) >= 11 is 0. The zero-order valence-electron chi connectivity index (χ0n) is 16.5. The van der Waals surface area contributed by atoms with Gasteiger partial charge in [-0.05, 0) is 30.9 Å². The number of carbonyl (C=O) groups is 2. The number of carboxylic acid groups (broad SMARTS) is 1. The summed E-state index contributed by atoms with van der Waals surface area (Å²) in [6.07, 6.45) is 3.97. The van der Waals surface area contributed by atoms with E-state index in [4.69, 9.17) is 5.11 Å². The second kappa shape index (κ2) is 9.18. The van der Waals surface area contributed by atoms with Crippen LogP contribution in [0.15, 0.2) is 30.7 Å². The fraction of sp³-hybridized carbons (Fsp3) is 0.421. The zero-order valence-corrected chi connectivity index (χ0v) is 16.5. The van der Waals surface area contributed by atoms with E-state index in [1.807, 2.05) is 13.1 Å². The van der Waals surface area contributed by atoms with E-state index in [2.05, 4.69) is 30.5 Å². The predicted molar refractivity (Wildman–Crippen MR) is 109 cm³/mol. The third-order valence-electron chi connectivity index (χ3n) is 4.80. The Morgan fingerprint density at radius 3 is 2.59 bits per heavy atom. The maximum Gasteiger partial charge on any atom is 0.407 e. The standard InChI is InChI=1S/C19H25N7O3/c1-13(27)23-16-4-3-15(10-20-16)24-17-9-18(22-12-21-17)25(2)11-14-5-7-26(8-6-14)19(28)29/h3-4,9-10,12,14H,5-8,11H2,1-2H3,(H,28,29)(H,20,23,27)(H,21,22,24). The van der Waals surface area contributed by atoms with Crippen LogP contribution in [0.25, 0.3) is 0 Å². The van der Waals surface area contributed by atoms with Gasteiger partial charge in [0.25, 0.3) is 0 Å². The maximum atomic E-state index is 11.1. The Bertz CT molecular complexity index is 851. The number of pyridine rings is 1. The Morgan fingerprint density at radius 2 is 1.97 bits per heavy atom. The van der Waals surface area contributed by atoms with Gasteiger partial charge in [-0.1, -0.05) is 0 Å². The number of aromatic nitrogens is 3. The molecule has 3 N–H and O–H groups in total. The van der Waals surface area contributed by atoms with Crippen LogP contribution in [-0.4, -0.2) is 63.6 Å². The maximum absolute atomic E-state index is 11.1. The monoisotopic (exact) mass is 399 g/mol. The van der Waals surface area contributed by atoms with E-state index in [1.54, 1.807) is 18.3 Å². The molecule has 1 fully saturated rings. The van der Waals surface area contributed by atoms with Crippen molar-refractivity contribution in [3.63, 3.8) is 0 Å². The third-order valence-corrected chi connectivity index (χ3v) is 4.80. The number of carbonyl (C=O) groups excluding carboxylic acids is 1. The van der Waals surface area contributed by atoms with E-state index in [-0.39, 0.29) is 5.91 Å². The summed E-state index contributed by atoms with van der Waals surface area (Å²) in [5, 5.41) is 14.9. The Morgan fingerprint density at radius 1 is 1.21 bits per heavy atom. The molecule has 0 aromatic carbocycles. The number of anilines is 4. The van der Waals surface area contributed by atoms with E-state index in [1.165, 1.54) is 18.2 Å². The van der Waals surface area contributed by atoms with Crippen LogP contribution in [0.1, 0.15) is 19.8 Å². The summed E-state index contributed by atoms with van der Waals surface area (Å²) < 4.78 is 0. The van der Waals surface area contributed by atoms with Crippen LogP contribution in [-0.2, 0) is 4.79 Å². The van der Waals surface area contributed by atoms with Gasteiger partial charge in [0, 0.05) is 39.7 Å². The Hall–Kier alpha value is -3.43. The summed E-state index contributed by atoms with van der Waals surface area (Å²) in [4.78, 5) is 38.4. The molecule has 10 nitrogen and oxygen atoms in total. The molecule has 0 radical (unpaired) electrons. The van der Waals surface area contributed by atoms with E-state index in [9.17, 15) is 9.59 Å². The van der Waals surface area contributed by atoms with Crippen molar-refractivity contribution in [3.8, 4) is 0 Å². The summed E-state index contributed by atoms with van der Waals surface area (Å²) in [7, 11) is 1.97. The van der Waals surface area contributed by atoms with Gasteiger partial charge >= 0.3 is 6.09 Å². The number of hydrogen-bond donors (Lipinski definition) is 3. The minimum atomic E-state index is -0.845. The van der Waals surface area contributed by atoms with Gasteiger partial charge in [0.1, 0.15) is 23.8 Å². The van der Waals surface area contributed by atoms with Crippen LogP contribution in [0.2, 0.25) is 0 Å². The summed E-state index contributed by atoms with van der Waals surface area (Å²) in [5.41, 5.74) is 0.743. The van der Waals surface area contributed by atoms with Crippen LogP contribution in [0.4, 0.5) is 27.9 Å². The summed E-state index contributed by atoms with van der Waals surface area (Å²) in [5.74, 6) is 2.16. The SMILES string of the molecule is CC(=O)Nc1ccc(Nc2cc(N(C)CC3CCN(C(=O)O)CC3)ncn2)cn1. The number of amides is 2. The first-order chi connectivity index (χ1) is 13.9. The van der Waals surface area contributed by atoms with Crippen molar-refractivity contribution in [3.05, 3.63) is 30.7 Å². The molecule has 1 aliphatic heterocycles. The van der Waals surface area contributed by atoms with E-state index < -0.39 is 6.09 Å². The second-order valence-corrected chi connectivity index (χ2v) is 7.09. The van der Waals surface area contributed by atoms with Gasteiger partial charge in [-0.3, -0.25) is 4.79 Å². The Labute approximate surface area is 169 Å². The minimum absolute atomic E-state index is 0.171. The molecule has 0 spiro atoms. The molecule has 1 aliphatic rings. The highest BCUT2D eigenvalue weighted by atomic mass is 16.4. The molecule has 0 unspecified atom stereocenters. The molecule has 154 valence electrons. The molecule has 2 amide bonds. The topological polar surface area (TPSA) is 124 Å². The van der Waals surface area contributed by atoms with Crippen LogP contribution in [0, 0.1) is 5.92 Å². The lowest BCUT2D eigenvalue weighted by Crippen LogP contribution is -2.40. The van der Waals surface area contributed by atoms with Crippen LogP contribution in [0.3, 0.4) is 0 Å². The van der Waals surface area contributed by atoms with Gasteiger partial charge in [0.2, 0.25) is 5.91 Å². The lowest BCUT2D eigenvalue weighted by molar-refractivity contribution is -0.114. The van der Waals surface area contributed by atoms with Gasteiger partial charge < -0.3 is 25.5 Å². The number of piperidine rings is 1. The first-order valence-electron chi connectivity index (χ1n) is 9.42. The Balaban J connectivity index is 1.57. The van der Waals surface area contributed by atoms with E-state index in [0.717, 1.165) is 30.9 Å². The van der Waals surface area contributed by atoms with Crippen molar-refractivity contribution < 1.29 is 14.7 Å². The molecule has 2 aromatic heterocycles. The normalized spacial score (nSPS) is 14.3. The van der Waals surface area contributed by atoms with Crippen molar-refractivity contribution in [1.29, 1.82) is 0 Å². The number of likely N-dealkylation sites (tertiary alicyclic amines) is 1. The number of nitrogens with one attached hydrogen (secondary N) is 2. The average Bonchev–Trinajstić information content (AvgIpc) is 2.70. The molecular formula is C19H25N7O3. The first kappa shape index (κ1) is 20.3. The van der Waals surface area contributed by atoms with Gasteiger partial charge in [-0.2, -0.15) is 0 Å². The van der Waals surface area contributed by atoms with Crippen molar-refractivity contribution in [2.45, 2.75) is 19.8 Å². The molecule has 0 atom stereocenters. The largest absolute Gasteiger partial charge is 0.465 e. The predicted octanol–water partition coefficient (Wildman–Crippen LogP) is 2.40. The van der Waals surface area contributed by atoms with Gasteiger partial charge in [-0.25, -0.2) is 19.7 Å². The summed E-state index contributed by atoms with van der Waals surface area (Å²) in [6, 6.07) is 5.37. The van der Waals surface area contributed by atoms with Crippen LogP contribution < -0.4 is 15.5 Å². The zero-order chi connectivity index (χ0) is 20.8. The Kier molecular flexibility index (Phi) is 6.43. The van der Waals surface area contributed by atoms with Crippen molar-refractivity contribution in [1.82, 2.24) is 19.9 Å². The molecule has 2 aromatic rings. The number of rotatable bonds is 6. The lowest BCUT2D eigenvalue weighted by atomic mass is 9.96. The van der Waals surface area contributed by atoms with Crippen LogP contribution >= 0.6 is 0 Å². The van der Waals surface area contributed by atoms with Crippen LogP contribution in [0.5, 0.6) is 0 Å². The molecule has 29 heavy (non-hydrogen) atoms. The smallest absolute Gasteiger partial charge is 0.407 e. The number of nitrogens with zero attached hydrogens (tertiary/aromatic N) is 5. The molecule has 10 heteroatoms. The molecule has 0 saturated carbocycles. The highest BCUT2D eigenvalue weighted by molar-refractivity contribution is 5.87. The summed E-state index contributed by atoms with van der Waals surface area (Å²) in [6.45, 7) is 3.39. The first-order valence-corrected chi connectivity index (χ1v) is 9.42. The molecule has 0 aliphatic carbocycles. The molecule has 0 bridgehead atoms. The molecule has 3 rings (SSSR count). The van der Waals surface area contributed by atoms with E-state index in [0.29, 0.717) is 30.6 Å². The van der Waals surface area contributed by atoms with Crippen molar-refractivity contribution >= 4 is 35.1 Å². The number of hydrogen-bond acceptors (Lipinski definition) is 7. The third kappa shape index (κ3) is 5.77. The fourth-order valence-electron chi connectivity index (χ4n) is 3.28. The van der Waals surface area contributed by atoms with Gasteiger partial charge in [0.15, 0.2) is 0 Å². The molecule has 1 saturated heterocycles. The quantitative estimate of drug-likeness (QED) is 0.676. The molecular weight excluding hydrogens is 374 g/mol.